The molecule has 0 fully saturated rings. The summed E-state index contributed by atoms with van der Waals surface area (Å²) in [7, 11) is -3.54. The number of rotatable bonds is 5. The molecule has 10 heteroatoms. The Morgan fingerprint density at radius 2 is 1.63 bits per heavy atom. The van der Waals surface area contributed by atoms with Crippen LogP contribution in [0, 0.1) is 6.92 Å². The van der Waals surface area contributed by atoms with Crippen LogP contribution >= 0.6 is 0 Å². The summed E-state index contributed by atoms with van der Waals surface area (Å²) in [4.78, 5) is 14.2. The molecule has 0 bridgehead atoms. The Morgan fingerprint density at radius 3 is 2.20 bits per heavy atom. The van der Waals surface area contributed by atoms with E-state index in [4.69, 9.17) is 4.74 Å². The first kappa shape index (κ1) is 21.4. The summed E-state index contributed by atoms with van der Waals surface area (Å²) in [6, 6.07) is 11.5. The van der Waals surface area contributed by atoms with E-state index in [1.54, 1.807) is 13.0 Å². The lowest BCUT2D eigenvalue weighted by atomic mass is 10.0. The van der Waals surface area contributed by atoms with Crippen LogP contribution in [0.3, 0.4) is 0 Å². The van der Waals surface area contributed by atoms with Crippen LogP contribution in [0.15, 0.2) is 59.4 Å². The molecule has 0 unspecified atom stereocenters. The van der Waals surface area contributed by atoms with Gasteiger partial charge in [0.15, 0.2) is 0 Å². The summed E-state index contributed by atoms with van der Waals surface area (Å²) in [6.45, 7) is 1.66. The SMILES string of the molecule is Cc1[nH]c(=O)ccc1-c1cc(NS(C)(=O)=O)ccc1Oc1ccc(C(F)(F)F)cc1. The molecule has 30 heavy (non-hydrogen) atoms. The molecule has 3 aromatic rings. The topological polar surface area (TPSA) is 88.3 Å². The number of anilines is 1. The van der Waals surface area contributed by atoms with Crippen molar-refractivity contribution in [1.82, 2.24) is 4.98 Å². The molecule has 0 aliphatic heterocycles. The maximum atomic E-state index is 12.8. The summed E-state index contributed by atoms with van der Waals surface area (Å²) in [5, 5.41) is 0. The lowest BCUT2D eigenvalue weighted by Crippen LogP contribution is -2.10. The Labute approximate surface area is 170 Å². The minimum Gasteiger partial charge on any atom is -0.457 e. The van der Waals surface area contributed by atoms with E-state index in [2.05, 4.69) is 9.71 Å². The molecule has 1 aromatic heterocycles. The molecule has 3 rings (SSSR count). The first-order valence-electron chi connectivity index (χ1n) is 8.60. The first-order valence-corrected chi connectivity index (χ1v) is 10.5. The Kier molecular flexibility index (Phi) is 5.62. The van der Waals surface area contributed by atoms with E-state index in [1.165, 1.54) is 36.4 Å². The Balaban J connectivity index is 2.06. The molecule has 2 N–H and O–H groups in total. The largest absolute Gasteiger partial charge is 0.457 e. The number of H-pyrrole nitrogens is 1. The van der Waals surface area contributed by atoms with Gasteiger partial charge in [0, 0.05) is 28.6 Å². The second kappa shape index (κ2) is 7.86. The van der Waals surface area contributed by atoms with E-state index in [0.717, 1.165) is 18.4 Å². The molecule has 0 saturated carbocycles. The van der Waals surface area contributed by atoms with Crippen molar-refractivity contribution in [3.05, 3.63) is 76.2 Å². The van der Waals surface area contributed by atoms with Crippen molar-refractivity contribution in [2.24, 2.45) is 0 Å². The summed E-state index contributed by atoms with van der Waals surface area (Å²) < 4.78 is 69.5. The highest BCUT2D eigenvalue weighted by atomic mass is 32.2. The number of pyridine rings is 1. The van der Waals surface area contributed by atoms with Gasteiger partial charge in [-0.05, 0) is 55.5 Å². The first-order chi connectivity index (χ1) is 13.9. The van der Waals surface area contributed by atoms with Gasteiger partial charge in [-0.25, -0.2) is 8.42 Å². The van der Waals surface area contributed by atoms with E-state index in [0.29, 0.717) is 16.8 Å². The highest BCUT2D eigenvalue weighted by molar-refractivity contribution is 7.92. The minimum absolute atomic E-state index is 0.162. The summed E-state index contributed by atoms with van der Waals surface area (Å²) in [6.07, 6.45) is -3.46. The highest BCUT2D eigenvalue weighted by Crippen LogP contribution is 2.37. The quantitative estimate of drug-likeness (QED) is 0.613. The molecule has 0 saturated heterocycles. The lowest BCUT2D eigenvalue weighted by Gasteiger charge is -2.15. The molecule has 0 aliphatic carbocycles. The van der Waals surface area contributed by atoms with E-state index < -0.39 is 21.8 Å². The third-order valence-electron chi connectivity index (χ3n) is 4.10. The van der Waals surface area contributed by atoms with Crippen LogP contribution < -0.4 is 15.0 Å². The zero-order valence-corrected chi connectivity index (χ0v) is 16.7. The molecule has 0 radical (unpaired) electrons. The number of aryl methyl sites for hydroxylation is 1. The van der Waals surface area contributed by atoms with Crippen molar-refractivity contribution in [2.75, 3.05) is 11.0 Å². The van der Waals surface area contributed by atoms with Crippen LogP contribution in [-0.2, 0) is 16.2 Å². The Bertz CT molecular complexity index is 1230. The molecule has 0 aliphatic rings. The molecular formula is C20H17F3N2O4S. The zero-order chi connectivity index (χ0) is 22.1. The van der Waals surface area contributed by atoms with Crippen molar-refractivity contribution >= 4 is 15.7 Å². The molecule has 2 aromatic carbocycles. The normalized spacial score (nSPS) is 11.9. The van der Waals surface area contributed by atoms with Crippen LogP contribution in [0.4, 0.5) is 18.9 Å². The minimum atomic E-state index is -4.46. The predicted octanol–water partition coefficient (Wildman–Crippen LogP) is 4.53. The molecule has 6 nitrogen and oxygen atoms in total. The number of hydrogen-bond donors (Lipinski definition) is 2. The van der Waals surface area contributed by atoms with Crippen molar-refractivity contribution in [2.45, 2.75) is 13.1 Å². The molecule has 0 spiro atoms. The maximum Gasteiger partial charge on any atom is 0.416 e. The van der Waals surface area contributed by atoms with Gasteiger partial charge in [0.05, 0.1) is 11.8 Å². The Hall–Kier alpha value is -3.27. The van der Waals surface area contributed by atoms with Crippen LogP contribution in [0.5, 0.6) is 11.5 Å². The maximum absolute atomic E-state index is 12.8. The number of nitrogens with one attached hydrogen (secondary N) is 2. The van der Waals surface area contributed by atoms with Crippen LogP contribution in [-0.4, -0.2) is 19.7 Å². The van der Waals surface area contributed by atoms with Gasteiger partial charge in [0.25, 0.3) is 0 Å². The van der Waals surface area contributed by atoms with Crippen molar-refractivity contribution in [3.8, 4) is 22.6 Å². The van der Waals surface area contributed by atoms with Gasteiger partial charge in [-0.2, -0.15) is 13.2 Å². The highest BCUT2D eigenvalue weighted by Gasteiger charge is 2.30. The van der Waals surface area contributed by atoms with E-state index >= 15 is 0 Å². The third-order valence-corrected chi connectivity index (χ3v) is 4.71. The number of ether oxygens (including phenoxy) is 1. The number of aromatic amines is 1. The average molecular weight is 438 g/mol. The second-order valence-corrected chi connectivity index (χ2v) is 8.32. The van der Waals surface area contributed by atoms with Gasteiger partial charge in [-0.3, -0.25) is 9.52 Å². The lowest BCUT2D eigenvalue weighted by molar-refractivity contribution is -0.137. The van der Waals surface area contributed by atoms with E-state index in [1.807, 2.05) is 0 Å². The predicted molar refractivity (Wildman–Crippen MR) is 107 cm³/mol. The summed E-state index contributed by atoms with van der Waals surface area (Å²) in [5.41, 5.74) is 0.659. The second-order valence-electron chi connectivity index (χ2n) is 6.57. The van der Waals surface area contributed by atoms with Crippen LogP contribution in [0.2, 0.25) is 0 Å². The Morgan fingerprint density at radius 1 is 0.967 bits per heavy atom. The van der Waals surface area contributed by atoms with E-state index in [-0.39, 0.29) is 22.7 Å². The third kappa shape index (κ3) is 5.20. The fourth-order valence-electron chi connectivity index (χ4n) is 2.82. The number of hydrogen-bond acceptors (Lipinski definition) is 4. The molecule has 0 amide bonds. The number of benzene rings is 2. The summed E-state index contributed by atoms with van der Waals surface area (Å²) in [5.74, 6) is 0.430. The van der Waals surface area contributed by atoms with Gasteiger partial charge in [-0.15, -0.1) is 0 Å². The zero-order valence-electron chi connectivity index (χ0n) is 15.9. The number of sulfonamides is 1. The number of alkyl halides is 3. The van der Waals surface area contributed by atoms with Gasteiger partial charge < -0.3 is 9.72 Å². The van der Waals surface area contributed by atoms with Crippen LogP contribution in [0.1, 0.15) is 11.3 Å². The molecule has 0 atom stereocenters. The molecular weight excluding hydrogens is 421 g/mol. The number of halogens is 3. The van der Waals surface area contributed by atoms with Gasteiger partial charge >= 0.3 is 6.18 Å². The van der Waals surface area contributed by atoms with Crippen molar-refractivity contribution in [3.63, 3.8) is 0 Å². The smallest absolute Gasteiger partial charge is 0.416 e. The van der Waals surface area contributed by atoms with Gasteiger partial charge in [0.2, 0.25) is 15.6 Å². The molecule has 1 heterocycles. The van der Waals surface area contributed by atoms with Crippen molar-refractivity contribution in [1.29, 1.82) is 0 Å². The monoisotopic (exact) mass is 438 g/mol. The molecule has 158 valence electrons. The fourth-order valence-corrected chi connectivity index (χ4v) is 3.37. The van der Waals surface area contributed by atoms with Crippen LogP contribution in [0.25, 0.3) is 11.1 Å². The average Bonchev–Trinajstić information content (AvgIpc) is 2.62. The number of aromatic nitrogens is 1. The van der Waals surface area contributed by atoms with E-state index in [9.17, 15) is 26.4 Å². The van der Waals surface area contributed by atoms with Gasteiger partial charge in [0.1, 0.15) is 11.5 Å². The van der Waals surface area contributed by atoms with Crippen molar-refractivity contribution < 1.29 is 26.3 Å². The summed E-state index contributed by atoms with van der Waals surface area (Å²) >= 11 is 0. The standard InChI is InChI=1S/C20H17F3N2O4S/c1-12-16(8-10-19(26)24-12)17-11-14(25-30(2,27)28)5-9-18(17)29-15-6-3-13(4-7-15)20(21,22)23/h3-11,25H,1-2H3,(H,24,26). The fraction of sp³-hybridized carbons (Fsp3) is 0.150. The van der Waals surface area contributed by atoms with Gasteiger partial charge in [-0.1, -0.05) is 0 Å².